The molecule has 0 aliphatic carbocycles. The van der Waals surface area contributed by atoms with Crippen molar-refractivity contribution < 1.29 is 13.9 Å². The predicted octanol–water partition coefficient (Wildman–Crippen LogP) is 3.89. The quantitative estimate of drug-likeness (QED) is 0.891. The van der Waals surface area contributed by atoms with E-state index in [9.17, 15) is 13.9 Å². The zero-order valence-corrected chi connectivity index (χ0v) is 13.8. The van der Waals surface area contributed by atoms with E-state index in [1.54, 1.807) is 19.1 Å². The van der Waals surface area contributed by atoms with Crippen LogP contribution in [0.2, 0.25) is 0 Å². The minimum atomic E-state index is -0.736. The van der Waals surface area contributed by atoms with Gasteiger partial charge in [-0.15, -0.1) is 0 Å². The third-order valence-electron chi connectivity index (χ3n) is 4.64. The van der Waals surface area contributed by atoms with Crippen LogP contribution in [0, 0.1) is 30.4 Å². The van der Waals surface area contributed by atoms with E-state index in [0.29, 0.717) is 29.5 Å². The lowest BCUT2D eigenvalue weighted by Gasteiger charge is -2.34. The smallest absolute Gasteiger partial charge is 0.163 e. The Labute approximate surface area is 132 Å². The van der Waals surface area contributed by atoms with Gasteiger partial charge in [-0.1, -0.05) is 26.0 Å². The number of nitrogens with zero attached hydrogens (tertiary/aromatic N) is 1. The molecule has 1 aromatic rings. The molecule has 0 amide bonds. The van der Waals surface area contributed by atoms with E-state index >= 15 is 0 Å². The second-order valence-electron chi connectivity index (χ2n) is 6.98. The van der Waals surface area contributed by atoms with Gasteiger partial charge < -0.3 is 5.11 Å². The molecule has 0 saturated carbocycles. The molecule has 22 heavy (non-hydrogen) atoms. The van der Waals surface area contributed by atoms with Crippen molar-refractivity contribution >= 4 is 0 Å². The molecule has 1 saturated heterocycles. The van der Waals surface area contributed by atoms with Crippen LogP contribution in [-0.2, 0) is 6.54 Å². The van der Waals surface area contributed by atoms with E-state index in [-0.39, 0.29) is 6.10 Å². The van der Waals surface area contributed by atoms with Crippen LogP contribution in [0.15, 0.2) is 12.1 Å². The maximum Gasteiger partial charge on any atom is 0.163 e. The second-order valence-corrected chi connectivity index (χ2v) is 6.98. The summed E-state index contributed by atoms with van der Waals surface area (Å²) < 4.78 is 27.5. The number of piperidine rings is 1. The first kappa shape index (κ1) is 17.4. The first-order valence-electron chi connectivity index (χ1n) is 8.22. The minimum Gasteiger partial charge on any atom is -0.393 e. The average Bonchev–Trinajstić information content (AvgIpc) is 2.48. The molecular weight excluding hydrogens is 284 g/mol. The van der Waals surface area contributed by atoms with Crippen molar-refractivity contribution in [1.82, 2.24) is 4.90 Å². The molecule has 0 unspecified atom stereocenters. The number of aliphatic hydroxyl groups is 1. The molecule has 4 heteroatoms. The Kier molecular flexibility index (Phi) is 5.93. The molecular formula is C18H27F2NO. The van der Waals surface area contributed by atoms with Gasteiger partial charge in [0.1, 0.15) is 0 Å². The molecule has 0 aromatic heterocycles. The molecule has 0 spiro atoms. The molecule has 1 aliphatic heterocycles. The van der Waals surface area contributed by atoms with Crippen LogP contribution in [0.3, 0.4) is 0 Å². The lowest BCUT2D eigenvalue weighted by Crippen LogP contribution is -2.38. The summed E-state index contributed by atoms with van der Waals surface area (Å²) in [6.07, 6.45) is 2.44. The highest BCUT2D eigenvalue weighted by atomic mass is 19.2. The van der Waals surface area contributed by atoms with Gasteiger partial charge in [0, 0.05) is 12.1 Å². The first-order valence-corrected chi connectivity index (χ1v) is 8.22. The summed E-state index contributed by atoms with van der Waals surface area (Å²) in [6, 6.07) is 3.31. The fraction of sp³-hybridized carbons (Fsp3) is 0.667. The highest BCUT2D eigenvalue weighted by Crippen LogP contribution is 2.26. The maximum absolute atomic E-state index is 13.9. The zero-order valence-electron chi connectivity index (χ0n) is 13.8. The van der Waals surface area contributed by atoms with Gasteiger partial charge in [0.2, 0.25) is 0 Å². The predicted molar refractivity (Wildman–Crippen MR) is 84.6 cm³/mol. The lowest BCUT2D eigenvalue weighted by molar-refractivity contribution is 0.0434. The van der Waals surface area contributed by atoms with E-state index in [2.05, 4.69) is 18.7 Å². The van der Waals surface area contributed by atoms with Crippen molar-refractivity contribution in [2.75, 3.05) is 13.1 Å². The molecule has 1 fully saturated rings. The van der Waals surface area contributed by atoms with Gasteiger partial charge in [-0.05, 0) is 56.7 Å². The Morgan fingerprint density at radius 3 is 2.41 bits per heavy atom. The molecule has 2 nitrogen and oxygen atoms in total. The van der Waals surface area contributed by atoms with Gasteiger partial charge >= 0.3 is 0 Å². The van der Waals surface area contributed by atoms with Crippen molar-refractivity contribution in [2.24, 2.45) is 11.8 Å². The fourth-order valence-electron chi connectivity index (χ4n) is 3.22. The molecule has 1 heterocycles. The van der Waals surface area contributed by atoms with Gasteiger partial charge in [-0.25, -0.2) is 8.78 Å². The van der Waals surface area contributed by atoms with Crippen LogP contribution in [0.25, 0.3) is 0 Å². The number of rotatable bonds is 5. The molecule has 1 atom stereocenters. The standard InChI is InChI=1S/C18H27F2NO/c1-12(2)10-16(22)14-6-8-21(9-7-14)11-15-5-4-13(3)17(19)18(15)20/h4-5,12,14,16,22H,6-11H2,1-3H3/t16-/m0/s1. The molecule has 0 bridgehead atoms. The van der Waals surface area contributed by atoms with Gasteiger partial charge in [-0.3, -0.25) is 4.90 Å². The highest BCUT2D eigenvalue weighted by Gasteiger charge is 2.26. The van der Waals surface area contributed by atoms with E-state index in [1.807, 2.05) is 0 Å². The van der Waals surface area contributed by atoms with Crippen molar-refractivity contribution in [3.05, 3.63) is 34.9 Å². The lowest BCUT2D eigenvalue weighted by atomic mass is 9.87. The van der Waals surface area contributed by atoms with Crippen LogP contribution in [0.1, 0.15) is 44.2 Å². The summed E-state index contributed by atoms with van der Waals surface area (Å²) in [5.41, 5.74) is 0.765. The van der Waals surface area contributed by atoms with Crippen molar-refractivity contribution in [3.8, 4) is 0 Å². The van der Waals surface area contributed by atoms with Crippen LogP contribution in [0.4, 0.5) is 8.78 Å². The van der Waals surface area contributed by atoms with Crippen molar-refractivity contribution in [2.45, 2.75) is 52.7 Å². The molecule has 0 radical (unpaired) electrons. The van der Waals surface area contributed by atoms with Crippen LogP contribution in [0.5, 0.6) is 0 Å². The van der Waals surface area contributed by atoms with Crippen molar-refractivity contribution in [3.63, 3.8) is 0 Å². The van der Waals surface area contributed by atoms with E-state index in [0.717, 1.165) is 32.4 Å². The summed E-state index contributed by atoms with van der Waals surface area (Å²) in [6.45, 7) is 7.91. The summed E-state index contributed by atoms with van der Waals surface area (Å²) in [4.78, 5) is 2.14. The fourth-order valence-corrected chi connectivity index (χ4v) is 3.22. The third kappa shape index (κ3) is 4.26. The highest BCUT2D eigenvalue weighted by molar-refractivity contribution is 5.25. The first-order chi connectivity index (χ1) is 10.4. The summed E-state index contributed by atoms with van der Waals surface area (Å²) in [7, 11) is 0. The van der Waals surface area contributed by atoms with Crippen LogP contribution >= 0.6 is 0 Å². The molecule has 2 rings (SSSR count). The maximum atomic E-state index is 13.9. The van der Waals surface area contributed by atoms with Crippen LogP contribution in [-0.4, -0.2) is 29.2 Å². The number of halogens is 2. The van der Waals surface area contributed by atoms with Crippen LogP contribution < -0.4 is 0 Å². The van der Waals surface area contributed by atoms with Gasteiger partial charge in [-0.2, -0.15) is 0 Å². The van der Waals surface area contributed by atoms with E-state index in [1.165, 1.54) is 0 Å². The monoisotopic (exact) mass is 311 g/mol. The van der Waals surface area contributed by atoms with E-state index in [4.69, 9.17) is 0 Å². The second kappa shape index (κ2) is 7.51. The largest absolute Gasteiger partial charge is 0.393 e. The Balaban J connectivity index is 1.89. The number of aliphatic hydroxyl groups excluding tert-OH is 1. The molecule has 1 aliphatic rings. The topological polar surface area (TPSA) is 23.5 Å². The van der Waals surface area contributed by atoms with E-state index < -0.39 is 11.6 Å². The number of aryl methyl sites for hydroxylation is 1. The third-order valence-corrected chi connectivity index (χ3v) is 4.64. The number of benzene rings is 1. The molecule has 124 valence electrons. The summed E-state index contributed by atoms with van der Waals surface area (Å²) in [5, 5.41) is 10.2. The number of hydrogen-bond acceptors (Lipinski definition) is 2. The Morgan fingerprint density at radius 2 is 1.82 bits per heavy atom. The average molecular weight is 311 g/mol. The zero-order chi connectivity index (χ0) is 16.3. The molecule has 1 aromatic carbocycles. The van der Waals surface area contributed by atoms with Gasteiger partial charge in [0.05, 0.1) is 6.10 Å². The van der Waals surface area contributed by atoms with Gasteiger partial charge in [0.25, 0.3) is 0 Å². The minimum absolute atomic E-state index is 0.240. The number of hydrogen-bond donors (Lipinski definition) is 1. The molecule has 1 N–H and O–H groups in total. The Hall–Kier alpha value is -1.00. The summed E-state index contributed by atoms with van der Waals surface area (Å²) >= 11 is 0. The normalized spacial score (nSPS) is 18.9. The van der Waals surface area contributed by atoms with Crippen molar-refractivity contribution in [1.29, 1.82) is 0 Å². The Morgan fingerprint density at radius 1 is 1.18 bits per heavy atom. The summed E-state index contributed by atoms with van der Waals surface area (Å²) in [5.74, 6) is -0.627. The van der Waals surface area contributed by atoms with Gasteiger partial charge in [0.15, 0.2) is 11.6 Å². The Bertz CT molecular complexity index is 496. The SMILES string of the molecule is Cc1ccc(CN2CCC([C@@H](O)CC(C)C)CC2)c(F)c1F. The number of likely N-dealkylation sites (tertiary alicyclic amines) is 1.